The van der Waals surface area contributed by atoms with Crippen LogP contribution in [0.1, 0.15) is 18.9 Å². The van der Waals surface area contributed by atoms with Crippen LogP contribution in [0.15, 0.2) is 48.7 Å². The maximum atomic E-state index is 12.6. The number of carbonyl (C=O) groups is 1. The van der Waals surface area contributed by atoms with Crippen LogP contribution in [0.2, 0.25) is 0 Å². The lowest BCUT2D eigenvalue weighted by atomic mass is 9.81. The van der Waals surface area contributed by atoms with Crippen LogP contribution in [0.5, 0.6) is 0 Å². The highest BCUT2D eigenvalue weighted by molar-refractivity contribution is 5.87. The van der Waals surface area contributed by atoms with E-state index >= 15 is 0 Å². The lowest BCUT2D eigenvalue weighted by molar-refractivity contribution is -0.351. The van der Waals surface area contributed by atoms with Gasteiger partial charge in [-0.25, -0.2) is 4.79 Å². The van der Waals surface area contributed by atoms with Crippen molar-refractivity contribution >= 4 is 12.0 Å². The third-order valence-corrected chi connectivity index (χ3v) is 6.77. The molecule has 192 valence electrons. The van der Waals surface area contributed by atoms with Crippen molar-refractivity contribution in [2.75, 3.05) is 6.61 Å². The van der Waals surface area contributed by atoms with E-state index in [1.165, 1.54) is 19.1 Å². The van der Waals surface area contributed by atoms with Gasteiger partial charge < -0.3 is 49.6 Å². The highest BCUT2D eigenvalue weighted by atomic mass is 16.8. The maximum absolute atomic E-state index is 12.6. The SMILES string of the molecule is C[C@@]1(OC(=O)C=Cc2ccccc2)C[C@H](O)[C@@]2(O)C=CO[C@@H](O[C@H]3O[C@H](CO)[C@@H](O)[C@H](O)[C@H]3O)[C@H]21. The van der Waals surface area contributed by atoms with Gasteiger partial charge in [0.05, 0.1) is 24.9 Å². The third-order valence-electron chi connectivity index (χ3n) is 6.77. The number of benzene rings is 1. The maximum Gasteiger partial charge on any atom is 0.331 e. The second-order valence-corrected chi connectivity index (χ2v) is 9.20. The monoisotopic (exact) mass is 494 g/mol. The molecule has 0 radical (unpaired) electrons. The Morgan fingerprint density at radius 2 is 1.83 bits per heavy atom. The number of esters is 1. The average molecular weight is 494 g/mol. The standard InChI is InChI=1S/C24H30O11/c1-23(35-16(27)8-7-13-5-3-2-4-6-13)11-15(26)24(31)9-10-32-22(20(23)24)34-21-19(30)18(29)17(28)14(12-25)33-21/h2-10,14-15,17-22,25-26,28-31H,11-12H2,1H3/t14-,15+,17-,18+,19-,20+,21-,22+,23-,24+/m1/s1. The molecule has 0 bridgehead atoms. The fraction of sp³-hybridized carbons (Fsp3) is 0.542. The molecule has 4 rings (SSSR count). The van der Waals surface area contributed by atoms with Crippen LogP contribution in [-0.2, 0) is 23.7 Å². The van der Waals surface area contributed by atoms with Crippen LogP contribution >= 0.6 is 0 Å². The number of hydrogen-bond acceptors (Lipinski definition) is 11. The largest absolute Gasteiger partial charge is 0.472 e. The van der Waals surface area contributed by atoms with Gasteiger partial charge in [0, 0.05) is 12.5 Å². The highest BCUT2D eigenvalue weighted by Gasteiger charge is 2.66. The minimum absolute atomic E-state index is 0.151. The van der Waals surface area contributed by atoms with Gasteiger partial charge in [0.2, 0.25) is 6.29 Å². The van der Waals surface area contributed by atoms with Crippen molar-refractivity contribution in [1.82, 2.24) is 0 Å². The molecule has 10 atom stereocenters. The molecular weight excluding hydrogens is 464 g/mol. The topological polar surface area (TPSA) is 175 Å². The van der Waals surface area contributed by atoms with E-state index in [9.17, 15) is 35.4 Å². The number of aliphatic hydroxyl groups is 6. The number of aliphatic hydroxyl groups excluding tert-OH is 5. The van der Waals surface area contributed by atoms with Crippen molar-refractivity contribution < 1.29 is 54.4 Å². The molecule has 11 heteroatoms. The first-order valence-electron chi connectivity index (χ1n) is 11.2. The van der Waals surface area contributed by atoms with Gasteiger partial charge in [0.1, 0.15) is 35.6 Å². The van der Waals surface area contributed by atoms with E-state index in [-0.39, 0.29) is 6.42 Å². The Labute approximate surface area is 201 Å². The van der Waals surface area contributed by atoms with E-state index in [0.717, 1.165) is 11.8 Å². The van der Waals surface area contributed by atoms with Gasteiger partial charge in [-0.05, 0) is 24.6 Å². The van der Waals surface area contributed by atoms with Crippen molar-refractivity contribution in [1.29, 1.82) is 0 Å². The summed E-state index contributed by atoms with van der Waals surface area (Å²) in [4.78, 5) is 12.6. The van der Waals surface area contributed by atoms with Crippen molar-refractivity contribution in [3.63, 3.8) is 0 Å². The molecule has 0 unspecified atom stereocenters. The third kappa shape index (κ3) is 4.86. The molecule has 1 aromatic rings. The molecule has 1 saturated heterocycles. The molecule has 1 aliphatic carbocycles. The van der Waals surface area contributed by atoms with Crippen LogP contribution < -0.4 is 0 Å². The van der Waals surface area contributed by atoms with Crippen LogP contribution in [-0.4, -0.2) is 97.5 Å². The van der Waals surface area contributed by atoms with E-state index in [1.807, 2.05) is 18.2 Å². The van der Waals surface area contributed by atoms with Crippen molar-refractivity contribution in [2.24, 2.45) is 5.92 Å². The van der Waals surface area contributed by atoms with Gasteiger partial charge in [0.15, 0.2) is 6.29 Å². The second kappa shape index (κ2) is 9.96. The average Bonchev–Trinajstić information content (AvgIpc) is 3.03. The Morgan fingerprint density at radius 3 is 2.51 bits per heavy atom. The molecule has 2 fully saturated rings. The Morgan fingerprint density at radius 1 is 1.11 bits per heavy atom. The van der Waals surface area contributed by atoms with E-state index in [0.29, 0.717) is 0 Å². The molecule has 6 N–H and O–H groups in total. The fourth-order valence-electron chi connectivity index (χ4n) is 4.92. The van der Waals surface area contributed by atoms with Crippen LogP contribution in [0, 0.1) is 5.92 Å². The zero-order valence-corrected chi connectivity index (χ0v) is 19.0. The van der Waals surface area contributed by atoms with Crippen LogP contribution in [0.4, 0.5) is 0 Å². The molecule has 0 spiro atoms. The Bertz CT molecular complexity index is 950. The molecule has 0 amide bonds. The molecule has 1 aromatic carbocycles. The minimum Gasteiger partial charge on any atom is -0.472 e. The van der Waals surface area contributed by atoms with Gasteiger partial charge in [-0.15, -0.1) is 0 Å². The molecule has 35 heavy (non-hydrogen) atoms. The number of hydrogen-bond donors (Lipinski definition) is 6. The summed E-state index contributed by atoms with van der Waals surface area (Å²) in [5.74, 6) is -1.90. The predicted molar refractivity (Wildman–Crippen MR) is 118 cm³/mol. The summed E-state index contributed by atoms with van der Waals surface area (Å²) in [5, 5.41) is 61.7. The lowest BCUT2D eigenvalue weighted by Gasteiger charge is -2.45. The lowest BCUT2D eigenvalue weighted by Crippen LogP contribution is -2.62. The second-order valence-electron chi connectivity index (χ2n) is 9.20. The van der Waals surface area contributed by atoms with E-state index in [2.05, 4.69) is 0 Å². The quantitative estimate of drug-likeness (QED) is 0.207. The minimum atomic E-state index is -1.91. The number of ether oxygens (including phenoxy) is 4. The first kappa shape index (κ1) is 25.7. The van der Waals surface area contributed by atoms with E-state index < -0.39 is 72.8 Å². The first-order valence-corrected chi connectivity index (χ1v) is 11.2. The highest BCUT2D eigenvalue weighted by Crippen LogP contribution is 2.51. The van der Waals surface area contributed by atoms with Gasteiger partial charge in [0.25, 0.3) is 0 Å². The Balaban J connectivity index is 1.55. The summed E-state index contributed by atoms with van der Waals surface area (Å²) in [6.07, 6.45) is -5.57. The molecule has 2 heterocycles. The van der Waals surface area contributed by atoms with Gasteiger partial charge >= 0.3 is 5.97 Å². The molecule has 3 aliphatic rings. The smallest absolute Gasteiger partial charge is 0.331 e. The van der Waals surface area contributed by atoms with Gasteiger partial charge in [-0.3, -0.25) is 0 Å². The Hall–Kier alpha value is -2.35. The number of carbonyl (C=O) groups excluding carboxylic acids is 1. The van der Waals surface area contributed by atoms with Crippen LogP contribution in [0.25, 0.3) is 6.08 Å². The summed E-state index contributed by atoms with van der Waals surface area (Å²) >= 11 is 0. The van der Waals surface area contributed by atoms with Gasteiger partial charge in [-0.1, -0.05) is 30.3 Å². The first-order chi connectivity index (χ1) is 16.6. The molecule has 11 nitrogen and oxygen atoms in total. The van der Waals surface area contributed by atoms with Crippen LogP contribution in [0.3, 0.4) is 0 Å². The summed E-state index contributed by atoms with van der Waals surface area (Å²) in [6.45, 7) is 0.852. The zero-order chi connectivity index (χ0) is 25.4. The van der Waals surface area contributed by atoms with Crippen molar-refractivity contribution in [2.45, 2.75) is 67.6 Å². The summed E-state index contributed by atoms with van der Waals surface area (Å²) < 4.78 is 22.3. The molecular formula is C24H30O11. The summed E-state index contributed by atoms with van der Waals surface area (Å²) in [6, 6.07) is 9.06. The summed E-state index contributed by atoms with van der Waals surface area (Å²) in [7, 11) is 0. The molecule has 0 aromatic heterocycles. The van der Waals surface area contributed by atoms with E-state index in [4.69, 9.17) is 18.9 Å². The molecule has 1 saturated carbocycles. The number of rotatable bonds is 6. The fourth-order valence-corrected chi connectivity index (χ4v) is 4.92. The summed E-state index contributed by atoms with van der Waals surface area (Å²) in [5.41, 5.74) is -2.62. The number of fused-ring (bicyclic) bond motifs is 1. The predicted octanol–water partition coefficient (Wildman–Crippen LogP) is -1.20. The zero-order valence-electron chi connectivity index (χ0n) is 19.0. The van der Waals surface area contributed by atoms with Crippen molar-refractivity contribution in [3.05, 3.63) is 54.3 Å². The Kier molecular flexibility index (Phi) is 7.32. The van der Waals surface area contributed by atoms with E-state index in [1.54, 1.807) is 18.2 Å². The molecule has 2 aliphatic heterocycles. The van der Waals surface area contributed by atoms with Crippen molar-refractivity contribution in [3.8, 4) is 0 Å². The van der Waals surface area contributed by atoms with Gasteiger partial charge in [-0.2, -0.15) is 0 Å². The normalized spacial score (nSPS) is 43.1.